The van der Waals surface area contributed by atoms with E-state index < -0.39 is 5.97 Å². The molecule has 2 aromatic rings. The van der Waals surface area contributed by atoms with E-state index in [1.807, 2.05) is 0 Å². The van der Waals surface area contributed by atoms with Gasteiger partial charge >= 0.3 is 5.97 Å². The molecule has 2 heterocycles. The number of rotatable bonds is 6. The Labute approximate surface area is 109 Å². The van der Waals surface area contributed by atoms with Gasteiger partial charge in [0.15, 0.2) is 5.82 Å². The largest absolute Gasteiger partial charge is 0.476 e. The minimum absolute atomic E-state index is 0.0955. The number of hydrogen-bond acceptors (Lipinski definition) is 5. The lowest BCUT2D eigenvalue weighted by molar-refractivity contribution is 0.0691. The molecule has 102 valence electrons. The van der Waals surface area contributed by atoms with Crippen molar-refractivity contribution >= 4 is 5.97 Å². The van der Waals surface area contributed by atoms with Gasteiger partial charge in [-0.25, -0.2) is 14.5 Å². The van der Waals surface area contributed by atoms with Crippen molar-refractivity contribution in [2.45, 2.75) is 19.4 Å². The fourth-order valence-electron chi connectivity index (χ4n) is 1.80. The van der Waals surface area contributed by atoms with Crippen LogP contribution in [0.4, 0.5) is 0 Å². The van der Waals surface area contributed by atoms with E-state index in [0.717, 1.165) is 0 Å². The van der Waals surface area contributed by atoms with Crippen molar-refractivity contribution in [3.05, 3.63) is 18.1 Å². The predicted molar refractivity (Wildman–Crippen MR) is 65.5 cm³/mol. The number of nitrogens with zero attached hydrogens (tertiary/aromatic N) is 5. The van der Waals surface area contributed by atoms with Gasteiger partial charge in [-0.3, -0.25) is 0 Å². The molecule has 2 rings (SSSR count). The second-order valence-corrected chi connectivity index (χ2v) is 4.11. The quantitative estimate of drug-likeness (QED) is 0.720. The molecule has 0 atom stereocenters. The lowest BCUT2D eigenvalue weighted by Gasteiger charge is -2.06. The van der Waals surface area contributed by atoms with Crippen molar-refractivity contribution in [3.8, 4) is 11.5 Å². The van der Waals surface area contributed by atoms with Gasteiger partial charge in [-0.2, -0.15) is 0 Å². The van der Waals surface area contributed by atoms with Crippen LogP contribution in [-0.2, 0) is 13.6 Å². The van der Waals surface area contributed by atoms with E-state index in [-0.39, 0.29) is 12.3 Å². The first-order valence-electron chi connectivity index (χ1n) is 5.90. The molecule has 0 aliphatic carbocycles. The van der Waals surface area contributed by atoms with Gasteiger partial charge < -0.3 is 14.8 Å². The number of imidazole rings is 1. The molecular weight excluding hydrogens is 250 g/mol. The minimum Gasteiger partial charge on any atom is -0.476 e. The molecule has 0 spiro atoms. The zero-order chi connectivity index (χ0) is 13.8. The third kappa shape index (κ3) is 2.63. The molecular formula is C11H15N5O3. The molecule has 0 amide bonds. The number of carboxylic acid groups (broad SMARTS) is 1. The average molecular weight is 265 g/mol. The number of carboxylic acids is 1. The highest BCUT2D eigenvalue weighted by Crippen LogP contribution is 2.20. The molecule has 8 heteroatoms. The number of hydrogen-bond donors (Lipinski definition) is 2. The van der Waals surface area contributed by atoms with E-state index in [2.05, 4.69) is 15.3 Å². The molecule has 2 N–H and O–H groups in total. The van der Waals surface area contributed by atoms with E-state index in [1.54, 1.807) is 24.0 Å². The number of carbonyl (C=O) groups is 1. The van der Waals surface area contributed by atoms with Crippen LogP contribution in [0.2, 0.25) is 0 Å². The molecule has 8 nitrogen and oxygen atoms in total. The van der Waals surface area contributed by atoms with E-state index in [4.69, 9.17) is 10.2 Å². The van der Waals surface area contributed by atoms with Crippen molar-refractivity contribution in [2.24, 2.45) is 7.05 Å². The van der Waals surface area contributed by atoms with Crippen LogP contribution < -0.4 is 0 Å². The zero-order valence-corrected chi connectivity index (χ0v) is 10.5. The van der Waals surface area contributed by atoms with Crippen molar-refractivity contribution in [1.29, 1.82) is 0 Å². The molecule has 0 aliphatic heterocycles. The van der Waals surface area contributed by atoms with Gasteiger partial charge in [-0.15, -0.1) is 5.10 Å². The topological polar surface area (TPSA) is 106 Å². The van der Waals surface area contributed by atoms with Gasteiger partial charge in [0.05, 0.1) is 0 Å². The SMILES string of the molecule is Cn1ccnc1-c1c(C(=O)O)nnn1CCCCO. The standard InChI is InChI=1S/C11H15N5O3/c1-15-6-4-12-10(15)9-8(11(18)19)13-14-16(9)5-2-3-7-17/h4,6,17H,2-3,5,7H2,1H3,(H,18,19). The monoisotopic (exact) mass is 265 g/mol. The van der Waals surface area contributed by atoms with Gasteiger partial charge in [0.25, 0.3) is 0 Å². The molecule has 0 bridgehead atoms. The van der Waals surface area contributed by atoms with Gasteiger partial charge in [-0.05, 0) is 12.8 Å². The third-order valence-corrected chi connectivity index (χ3v) is 2.75. The first-order chi connectivity index (χ1) is 9.15. The molecule has 0 radical (unpaired) electrons. The molecule has 0 aliphatic rings. The summed E-state index contributed by atoms with van der Waals surface area (Å²) < 4.78 is 3.23. The Bertz CT molecular complexity index is 575. The molecule has 2 aromatic heterocycles. The summed E-state index contributed by atoms with van der Waals surface area (Å²) in [4.78, 5) is 15.3. The molecule has 0 aromatic carbocycles. The van der Waals surface area contributed by atoms with Gasteiger partial charge in [0.1, 0.15) is 5.69 Å². The van der Waals surface area contributed by atoms with Crippen LogP contribution in [0.3, 0.4) is 0 Å². The van der Waals surface area contributed by atoms with Crippen LogP contribution in [0.5, 0.6) is 0 Å². The number of aryl methyl sites for hydroxylation is 2. The Kier molecular flexibility index (Phi) is 3.91. The van der Waals surface area contributed by atoms with E-state index in [0.29, 0.717) is 30.9 Å². The highest BCUT2D eigenvalue weighted by molar-refractivity contribution is 5.91. The highest BCUT2D eigenvalue weighted by atomic mass is 16.4. The lowest BCUT2D eigenvalue weighted by atomic mass is 10.2. The number of aromatic carboxylic acids is 1. The van der Waals surface area contributed by atoms with Crippen molar-refractivity contribution < 1.29 is 15.0 Å². The fraction of sp³-hybridized carbons (Fsp3) is 0.455. The normalized spacial score (nSPS) is 10.8. The van der Waals surface area contributed by atoms with Gasteiger partial charge in [0, 0.05) is 32.6 Å². The van der Waals surface area contributed by atoms with Crippen LogP contribution in [-0.4, -0.2) is 47.3 Å². The second kappa shape index (κ2) is 5.61. The van der Waals surface area contributed by atoms with Crippen LogP contribution in [0.25, 0.3) is 11.5 Å². The summed E-state index contributed by atoms with van der Waals surface area (Å²) in [6.07, 6.45) is 4.64. The smallest absolute Gasteiger partial charge is 0.358 e. The number of aliphatic hydroxyl groups excluding tert-OH is 1. The molecule has 0 unspecified atom stereocenters. The Balaban J connectivity index is 2.40. The zero-order valence-electron chi connectivity index (χ0n) is 10.5. The maximum Gasteiger partial charge on any atom is 0.358 e. The number of aromatic nitrogens is 5. The van der Waals surface area contributed by atoms with Gasteiger partial charge in [-0.1, -0.05) is 5.21 Å². The first-order valence-corrected chi connectivity index (χ1v) is 5.90. The van der Waals surface area contributed by atoms with E-state index >= 15 is 0 Å². The summed E-state index contributed by atoms with van der Waals surface area (Å²) in [6.45, 7) is 0.585. The molecule has 0 fully saturated rings. The second-order valence-electron chi connectivity index (χ2n) is 4.11. The molecule has 0 saturated heterocycles. The average Bonchev–Trinajstić information content (AvgIpc) is 2.95. The van der Waals surface area contributed by atoms with Crippen LogP contribution in [0.1, 0.15) is 23.3 Å². The maximum absolute atomic E-state index is 11.2. The highest BCUT2D eigenvalue weighted by Gasteiger charge is 2.23. The summed E-state index contributed by atoms with van der Waals surface area (Å²) in [5, 5.41) is 25.5. The number of aliphatic hydroxyl groups is 1. The molecule has 19 heavy (non-hydrogen) atoms. The van der Waals surface area contributed by atoms with E-state index in [1.165, 1.54) is 4.68 Å². The van der Waals surface area contributed by atoms with Crippen LogP contribution >= 0.6 is 0 Å². The Morgan fingerprint density at radius 2 is 2.21 bits per heavy atom. The van der Waals surface area contributed by atoms with Crippen LogP contribution in [0, 0.1) is 0 Å². The van der Waals surface area contributed by atoms with Crippen molar-refractivity contribution in [2.75, 3.05) is 6.61 Å². The summed E-state index contributed by atoms with van der Waals surface area (Å²) in [6, 6.07) is 0. The summed E-state index contributed by atoms with van der Waals surface area (Å²) in [5.74, 6) is -0.627. The Morgan fingerprint density at radius 1 is 1.42 bits per heavy atom. The summed E-state index contributed by atoms with van der Waals surface area (Å²) in [7, 11) is 1.78. The summed E-state index contributed by atoms with van der Waals surface area (Å²) >= 11 is 0. The number of unbranched alkanes of at least 4 members (excludes halogenated alkanes) is 1. The maximum atomic E-state index is 11.2. The van der Waals surface area contributed by atoms with Crippen LogP contribution in [0.15, 0.2) is 12.4 Å². The Morgan fingerprint density at radius 3 is 2.79 bits per heavy atom. The van der Waals surface area contributed by atoms with Gasteiger partial charge in [0.2, 0.25) is 5.69 Å². The Hall–Kier alpha value is -2.22. The first kappa shape index (κ1) is 13.2. The lowest BCUT2D eigenvalue weighted by Crippen LogP contribution is -2.08. The van der Waals surface area contributed by atoms with E-state index in [9.17, 15) is 4.79 Å². The predicted octanol–water partition coefficient (Wildman–Crippen LogP) is 0.149. The minimum atomic E-state index is -1.13. The fourth-order valence-corrected chi connectivity index (χ4v) is 1.80. The molecule has 0 saturated carbocycles. The third-order valence-electron chi connectivity index (χ3n) is 2.75. The van der Waals surface area contributed by atoms with Crippen molar-refractivity contribution in [3.63, 3.8) is 0 Å². The summed E-state index contributed by atoms with van der Waals surface area (Å²) in [5.41, 5.74) is 0.274. The van der Waals surface area contributed by atoms with Crippen molar-refractivity contribution in [1.82, 2.24) is 24.5 Å².